The van der Waals surface area contributed by atoms with Gasteiger partial charge in [-0.3, -0.25) is 14.2 Å². The number of carbonyl (C=O) groups excluding carboxylic acids is 1. The van der Waals surface area contributed by atoms with Gasteiger partial charge in [0.2, 0.25) is 10.0 Å². The molecule has 1 fully saturated rings. The zero-order valence-electron chi connectivity index (χ0n) is 17.4. The van der Waals surface area contributed by atoms with Crippen molar-refractivity contribution < 1.29 is 22.7 Å². The van der Waals surface area contributed by atoms with Crippen molar-refractivity contribution in [2.75, 3.05) is 6.26 Å². The van der Waals surface area contributed by atoms with Gasteiger partial charge in [0.15, 0.2) is 5.82 Å². The van der Waals surface area contributed by atoms with Gasteiger partial charge in [-0.05, 0) is 25.3 Å². The lowest BCUT2D eigenvalue weighted by molar-refractivity contribution is -0.120. The van der Waals surface area contributed by atoms with E-state index in [1.165, 1.54) is 22.2 Å². The van der Waals surface area contributed by atoms with Crippen LogP contribution in [0.2, 0.25) is 0 Å². The summed E-state index contributed by atoms with van der Waals surface area (Å²) in [6, 6.07) is 1.73. The number of thiazole rings is 1. The van der Waals surface area contributed by atoms with Crippen LogP contribution in [-0.4, -0.2) is 50.4 Å². The first-order chi connectivity index (χ1) is 15.6. The molecule has 0 saturated heterocycles. The maximum absolute atomic E-state index is 14.8. The molecular formula is C20H19FN6O4S2. The third-order valence-electron chi connectivity index (χ3n) is 5.49. The molecule has 3 N–H and O–H groups in total. The Bertz CT molecular complexity index is 1490. The number of sulfonamides is 1. The Morgan fingerprint density at radius 3 is 2.82 bits per heavy atom. The first-order valence-corrected chi connectivity index (χ1v) is 12.7. The van der Waals surface area contributed by atoms with Crippen LogP contribution in [0.15, 0.2) is 30.9 Å². The average molecular weight is 491 g/mol. The van der Waals surface area contributed by atoms with Crippen LogP contribution < -0.4 is 4.72 Å². The van der Waals surface area contributed by atoms with E-state index in [4.69, 9.17) is 0 Å². The van der Waals surface area contributed by atoms with Crippen molar-refractivity contribution in [2.24, 2.45) is 0 Å². The molecule has 0 aromatic carbocycles. The lowest BCUT2D eigenvalue weighted by Crippen LogP contribution is -2.33. The van der Waals surface area contributed by atoms with Crippen LogP contribution >= 0.6 is 11.3 Å². The highest BCUT2D eigenvalue weighted by Crippen LogP contribution is 2.45. The van der Waals surface area contributed by atoms with Crippen LogP contribution in [0.5, 0.6) is 0 Å². The van der Waals surface area contributed by atoms with Crippen LogP contribution in [0.3, 0.4) is 0 Å². The first-order valence-electron chi connectivity index (χ1n) is 10.0. The number of pyridine rings is 1. The number of fused-ring (bicyclic) bond motifs is 1. The lowest BCUT2D eigenvalue weighted by Gasteiger charge is -2.34. The number of nitrogens with zero attached hydrogens (tertiary/aromatic N) is 4. The summed E-state index contributed by atoms with van der Waals surface area (Å²) in [7, 11) is -3.66. The van der Waals surface area contributed by atoms with Crippen molar-refractivity contribution in [2.45, 2.75) is 31.4 Å². The van der Waals surface area contributed by atoms with E-state index in [1.807, 2.05) is 4.72 Å². The summed E-state index contributed by atoms with van der Waals surface area (Å²) in [6.07, 6.45) is 8.90. The molecule has 33 heavy (non-hydrogen) atoms. The minimum atomic E-state index is -3.66. The van der Waals surface area contributed by atoms with Crippen molar-refractivity contribution in [3.05, 3.63) is 41.7 Å². The van der Waals surface area contributed by atoms with Crippen molar-refractivity contribution in [1.29, 1.82) is 0 Å². The number of aromatic nitrogens is 5. The Morgan fingerprint density at radius 2 is 2.12 bits per heavy atom. The predicted molar refractivity (Wildman–Crippen MR) is 119 cm³/mol. The molecular weight excluding hydrogens is 471 g/mol. The Morgan fingerprint density at radius 1 is 1.33 bits per heavy atom. The van der Waals surface area contributed by atoms with E-state index in [2.05, 4.69) is 20.1 Å². The third kappa shape index (κ3) is 4.14. The fourth-order valence-electron chi connectivity index (χ4n) is 3.76. The molecule has 0 unspecified atom stereocenters. The number of amides is 1. The van der Waals surface area contributed by atoms with Gasteiger partial charge in [-0.2, -0.15) is 5.10 Å². The monoisotopic (exact) mass is 490 g/mol. The van der Waals surface area contributed by atoms with Crippen LogP contribution in [0.25, 0.3) is 32.7 Å². The van der Waals surface area contributed by atoms with E-state index in [-0.39, 0.29) is 6.54 Å². The van der Waals surface area contributed by atoms with Gasteiger partial charge in [0.25, 0.3) is 5.91 Å². The summed E-state index contributed by atoms with van der Waals surface area (Å²) in [6.45, 7) is -0.280. The van der Waals surface area contributed by atoms with Crippen molar-refractivity contribution >= 4 is 38.3 Å². The Balaban J connectivity index is 1.47. The zero-order valence-corrected chi connectivity index (χ0v) is 19.0. The molecule has 1 aliphatic rings. The Kier molecular flexibility index (Phi) is 5.06. The van der Waals surface area contributed by atoms with Crippen LogP contribution in [0.4, 0.5) is 4.39 Å². The van der Waals surface area contributed by atoms with Crippen LogP contribution in [-0.2, 0) is 27.0 Å². The topological polar surface area (TPSA) is 143 Å². The highest BCUT2D eigenvalue weighted by Gasteiger charge is 2.39. The minimum absolute atomic E-state index is 0.280. The molecule has 1 saturated carbocycles. The van der Waals surface area contributed by atoms with E-state index in [1.54, 1.807) is 18.5 Å². The quantitative estimate of drug-likeness (QED) is 0.376. The molecule has 172 valence electrons. The van der Waals surface area contributed by atoms with Gasteiger partial charge in [0, 0.05) is 28.9 Å². The fourth-order valence-corrected chi connectivity index (χ4v) is 5.36. The molecule has 1 amide bonds. The molecule has 0 bridgehead atoms. The third-order valence-corrected chi connectivity index (χ3v) is 7.30. The summed E-state index contributed by atoms with van der Waals surface area (Å²) in [4.78, 5) is 24.0. The Hall–Kier alpha value is -3.16. The van der Waals surface area contributed by atoms with Crippen molar-refractivity contribution in [3.63, 3.8) is 0 Å². The van der Waals surface area contributed by atoms with E-state index in [9.17, 15) is 22.7 Å². The summed E-state index contributed by atoms with van der Waals surface area (Å²) >= 11 is 1.27. The fraction of sp³-hybridized carbons (Fsp3) is 0.300. The Labute approximate surface area is 191 Å². The summed E-state index contributed by atoms with van der Waals surface area (Å²) in [5.41, 5.74) is 1.09. The maximum Gasteiger partial charge on any atom is 0.255 e. The van der Waals surface area contributed by atoms with E-state index in [0.29, 0.717) is 50.6 Å². The highest BCUT2D eigenvalue weighted by molar-refractivity contribution is 7.89. The molecule has 0 radical (unpaired) electrons. The van der Waals surface area contributed by atoms with Gasteiger partial charge in [-0.1, -0.05) is 0 Å². The smallest absolute Gasteiger partial charge is 0.255 e. The number of H-pyrrole nitrogens is 1. The van der Waals surface area contributed by atoms with Gasteiger partial charge in [-0.25, -0.2) is 22.8 Å². The molecule has 10 nitrogen and oxygen atoms in total. The molecule has 13 heteroatoms. The van der Waals surface area contributed by atoms with Crippen molar-refractivity contribution in [3.8, 4) is 21.7 Å². The largest absolute Gasteiger partial charge is 0.383 e. The first kappa shape index (κ1) is 21.7. The summed E-state index contributed by atoms with van der Waals surface area (Å²) < 4.78 is 40.4. The minimum Gasteiger partial charge on any atom is -0.383 e. The summed E-state index contributed by atoms with van der Waals surface area (Å²) in [5, 5.41) is 15.8. The number of rotatable bonds is 6. The number of aliphatic hydroxyl groups is 1. The van der Waals surface area contributed by atoms with Gasteiger partial charge in [0.1, 0.15) is 22.8 Å². The van der Waals surface area contributed by atoms with Gasteiger partial charge >= 0.3 is 0 Å². The SMILES string of the molecule is CS(=O)(=O)NC(=O)Cn1cc(-c2cc3c(-c4cnc(C5(O)CCC5)s4)c(F)cnc3[nH]2)cn1. The normalized spacial score (nSPS) is 15.5. The molecule has 0 atom stereocenters. The summed E-state index contributed by atoms with van der Waals surface area (Å²) in [5.74, 6) is -1.22. The molecule has 1 aliphatic carbocycles. The number of halogens is 1. The molecule has 5 rings (SSSR count). The van der Waals surface area contributed by atoms with E-state index >= 15 is 0 Å². The second kappa shape index (κ2) is 7.71. The van der Waals surface area contributed by atoms with Crippen molar-refractivity contribution in [1.82, 2.24) is 29.5 Å². The second-order valence-electron chi connectivity index (χ2n) is 8.07. The molecule has 0 aliphatic heterocycles. The maximum atomic E-state index is 14.8. The van der Waals surface area contributed by atoms with E-state index < -0.39 is 27.3 Å². The number of nitrogens with one attached hydrogen (secondary N) is 2. The predicted octanol–water partition coefficient (Wildman–Crippen LogP) is 2.14. The average Bonchev–Trinajstić information content (AvgIpc) is 3.43. The highest BCUT2D eigenvalue weighted by atomic mass is 32.2. The lowest BCUT2D eigenvalue weighted by atomic mass is 9.81. The number of hydrogen-bond donors (Lipinski definition) is 3. The second-order valence-corrected chi connectivity index (χ2v) is 10.8. The molecule has 4 aromatic heterocycles. The van der Waals surface area contributed by atoms with Gasteiger partial charge in [0.05, 0.1) is 29.2 Å². The number of carbonyl (C=O) groups is 1. The van der Waals surface area contributed by atoms with Gasteiger partial charge < -0.3 is 10.1 Å². The van der Waals surface area contributed by atoms with Crippen LogP contribution in [0, 0.1) is 5.82 Å². The van der Waals surface area contributed by atoms with Gasteiger partial charge in [-0.15, -0.1) is 11.3 Å². The zero-order chi connectivity index (χ0) is 23.4. The number of aromatic amines is 1. The number of hydrogen-bond acceptors (Lipinski definition) is 8. The molecule has 4 heterocycles. The molecule has 0 spiro atoms. The van der Waals surface area contributed by atoms with E-state index in [0.717, 1.165) is 18.9 Å². The standard InChI is InChI=1S/C20H19FN6O4S2/c1-33(30,31)26-16(28)10-27-9-11(6-24-27)14-5-12-17(13(21)7-22-18(12)25-14)15-8-23-19(32-15)20(29)3-2-4-20/h5-9,29H,2-4,10H2,1H3,(H,22,25)(H,26,28). The molecule has 4 aromatic rings. The van der Waals surface area contributed by atoms with Crippen LogP contribution in [0.1, 0.15) is 24.3 Å².